The van der Waals surface area contributed by atoms with Crippen molar-refractivity contribution in [3.8, 4) is 11.8 Å². The summed E-state index contributed by atoms with van der Waals surface area (Å²) in [7, 11) is 1.37. The number of nitro benzene ring substituents is 1. The average Bonchev–Trinajstić information content (AvgIpc) is 2.60. The van der Waals surface area contributed by atoms with Crippen LogP contribution in [0.15, 0.2) is 48.0 Å². The molecule has 8 heteroatoms. The highest BCUT2D eigenvalue weighted by Crippen LogP contribution is 2.29. The highest BCUT2D eigenvalue weighted by Gasteiger charge is 2.16. The van der Waals surface area contributed by atoms with E-state index in [2.05, 4.69) is 5.32 Å². The molecule has 0 fully saturated rings. The molecule has 1 amide bonds. The lowest BCUT2D eigenvalue weighted by Crippen LogP contribution is -2.14. The molecule has 0 unspecified atom stereocenters. The molecule has 25 heavy (non-hydrogen) atoms. The van der Waals surface area contributed by atoms with Crippen molar-refractivity contribution in [2.24, 2.45) is 0 Å². The summed E-state index contributed by atoms with van der Waals surface area (Å²) in [5.41, 5.74) is 0.327. The summed E-state index contributed by atoms with van der Waals surface area (Å²) in [5.74, 6) is -0.473. The Morgan fingerprint density at radius 3 is 2.56 bits per heavy atom. The van der Waals surface area contributed by atoms with E-state index in [0.717, 1.165) is 6.07 Å². The van der Waals surface area contributed by atoms with Gasteiger partial charge in [-0.3, -0.25) is 14.9 Å². The van der Waals surface area contributed by atoms with Gasteiger partial charge >= 0.3 is 0 Å². The van der Waals surface area contributed by atoms with Gasteiger partial charge in [-0.1, -0.05) is 23.7 Å². The molecule has 0 aliphatic carbocycles. The lowest BCUT2D eigenvalue weighted by Gasteiger charge is -2.09. The fourth-order valence-electron chi connectivity index (χ4n) is 1.97. The molecule has 2 aromatic rings. The first-order valence-electron chi connectivity index (χ1n) is 6.95. The third-order valence-corrected chi connectivity index (χ3v) is 3.44. The number of nitrogens with one attached hydrogen (secondary N) is 1. The molecule has 2 rings (SSSR count). The number of carbonyl (C=O) groups is 1. The van der Waals surface area contributed by atoms with Crippen LogP contribution in [0.3, 0.4) is 0 Å². The number of anilines is 1. The summed E-state index contributed by atoms with van der Waals surface area (Å²) in [6.07, 6.45) is 1.38. The van der Waals surface area contributed by atoms with Gasteiger partial charge < -0.3 is 10.1 Å². The third kappa shape index (κ3) is 4.56. The van der Waals surface area contributed by atoms with Crippen LogP contribution in [0.5, 0.6) is 5.75 Å². The van der Waals surface area contributed by atoms with Crippen LogP contribution in [0.25, 0.3) is 6.08 Å². The van der Waals surface area contributed by atoms with Crippen molar-refractivity contribution in [1.29, 1.82) is 5.26 Å². The van der Waals surface area contributed by atoms with Crippen LogP contribution >= 0.6 is 11.6 Å². The molecule has 0 bridgehead atoms. The molecular weight excluding hydrogens is 346 g/mol. The van der Waals surface area contributed by atoms with Gasteiger partial charge in [0.15, 0.2) is 0 Å². The summed E-state index contributed by atoms with van der Waals surface area (Å²) in [4.78, 5) is 22.6. The Kier molecular flexibility index (Phi) is 5.71. The molecule has 7 nitrogen and oxygen atoms in total. The Bertz CT molecular complexity index is 886. The van der Waals surface area contributed by atoms with Crippen LogP contribution in [-0.4, -0.2) is 17.9 Å². The highest BCUT2D eigenvalue weighted by molar-refractivity contribution is 6.30. The van der Waals surface area contributed by atoms with Crippen LogP contribution in [0.1, 0.15) is 5.56 Å². The SMILES string of the molecule is COc1ccc([N+](=O)[O-])cc1NC(=O)C(C#N)=Cc1ccc(Cl)cc1. The summed E-state index contributed by atoms with van der Waals surface area (Å²) < 4.78 is 5.07. The Labute approximate surface area is 148 Å². The molecule has 0 saturated carbocycles. The van der Waals surface area contributed by atoms with E-state index in [-0.39, 0.29) is 22.7 Å². The van der Waals surface area contributed by atoms with Crippen molar-refractivity contribution < 1.29 is 14.5 Å². The van der Waals surface area contributed by atoms with Crippen molar-refractivity contribution in [1.82, 2.24) is 0 Å². The fourth-order valence-corrected chi connectivity index (χ4v) is 2.10. The zero-order chi connectivity index (χ0) is 18.4. The second kappa shape index (κ2) is 7.95. The normalized spacial score (nSPS) is 10.7. The second-order valence-corrected chi connectivity index (χ2v) is 5.25. The summed E-state index contributed by atoms with van der Waals surface area (Å²) >= 11 is 5.79. The third-order valence-electron chi connectivity index (χ3n) is 3.19. The van der Waals surface area contributed by atoms with E-state index in [9.17, 15) is 20.2 Å². The Hall–Kier alpha value is -3.37. The topological polar surface area (TPSA) is 105 Å². The summed E-state index contributed by atoms with van der Waals surface area (Å²) in [6.45, 7) is 0. The predicted molar refractivity (Wildman–Crippen MR) is 93.3 cm³/mol. The molecule has 0 atom stereocenters. The smallest absolute Gasteiger partial charge is 0.271 e. The Morgan fingerprint density at radius 2 is 2.00 bits per heavy atom. The fraction of sp³-hybridized carbons (Fsp3) is 0.0588. The van der Waals surface area contributed by atoms with Gasteiger partial charge in [0.05, 0.1) is 17.7 Å². The molecule has 2 aromatic carbocycles. The Balaban J connectivity index is 2.31. The van der Waals surface area contributed by atoms with E-state index in [1.165, 1.54) is 25.3 Å². The maximum atomic E-state index is 12.3. The summed E-state index contributed by atoms with van der Waals surface area (Å²) in [5, 5.41) is 23.1. The number of rotatable bonds is 5. The maximum Gasteiger partial charge on any atom is 0.271 e. The first kappa shape index (κ1) is 18.0. The minimum Gasteiger partial charge on any atom is -0.495 e. The van der Waals surface area contributed by atoms with Crippen LogP contribution in [0.4, 0.5) is 11.4 Å². The zero-order valence-electron chi connectivity index (χ0n) is 13.0. The van der Waals surface area contributed by atoms with E-state index in [0.29, 0.717) is 10.6 Å². The van der Waals surface area contributed by atoms with Gasteiger partial charge in [-0.05, 0) is 29.8 Å². The van der Waals surface area contributed by atoms with Crippen molar-refractivity contribution in [3.63, 3.8) is 0 Å². The molecule has 0 heterocycles. The minimum atomic E-state index is -0.712. The second-order valence-electron chi connectivity index (χ2n) is 4.82. The van der Waals surface area contributed by atoms with Crippen LogP contribution in [0.2, 0.25) is 5.02 Å². The van der Waals surface area contributed by atoms with E-state index < -0.39 is 10.8 Å². The number of amides is 1. The number of nitro groups is 1. The zero-order valence-corrected chi connectivity index (χ0v) is 13.8. The molecule has 126 valence electrons. The summed E-state index contributed by atoms with van der Waals surface area (Å²) in [6, 6.07) is 12.1. The van der Waals surface area contributed by atoms with Gasteiger partial charge in [-0.25, -0.2) is 0 Å². The van der Waals surface area contributed by atoms with Crippen LogP contribution < -0.4 is 10.1 Å². The van der Waals surface area contributed by atoms with Gasteiger partial charge in [0.1, 0.15) is 17.4 Å². The van der Waals surface area contributed by atoms with E-state index in [4.69, 9.17) is 16.3 Å². The first-order valence-corrected chi connectivity index (χ1v) is 7.33. The number of benzene rings is 2. The quantitative estimate of drug-likeness (QED) is 0.379. The van der Waals surface area contributed by atoms with Crippen molar-refractivity contribution in [2.45, 2.75) is 0 Å². The van der Waals surface area contributed by atoms with Gasteiger partial charge in [0, 0.05) is 17.2 Å². The molecule has 0 aliphatic rings. The standard InChI is InChI=1S/C17H12ClN3O4/c1-25-16-7-6-14(21(23)24)9-15(16)20-17(22)12(10-19)8-11-2-4-13(18)5-3-11/h2-9H,1H3,(H,20,22). The van der Waals surface area contributed by atoms with Gasteiger partial charge in [0.25, 0.3) is 11.6 Å². The predicted octanol–water partition coefficient (Wildman–Crippen LogP) is 3.80. The van der Waals surface area contributed by atoms with Crippen LogP contribution in [-0.2, 0) is 4.79 Å². The van der Waals surface area contributed by atoms with E-state index in [1.54, 1.807) is 30.3 Å². The number of halogens is 1. The van der Waals surface area contributed by atoms with Gasteiger partial charge in [-0.2, -0.15) is 5.26 Å². The number of hydrogen-bond acceptors (Lipinski definition) is 5. The van der Waals surface area contributed by atoms with Crippen LogP contribution in [0, 0.1) is 21.4 Å². The first-order chi connectivity index (χ1) is 11.9. The largest absolute Gasteiger partial charge is 0.495 e. The number of ether oxygens (including phenoxy) is 1. The lowest BCUT2D eigenvalue weighted by molar-refractivity contribution is -0.384. The molecule has 1 N–H and O–H groups in total. The van der Waals surface area contributed by atoms with E-state index in [1.807, 2.05) is 0 Å². The number of hydrogen-bond donors (Lipinski definition) is 1. The lowest BCUT2D eigenvalue weighted by atomic mass is 10.1. The molecule has 0 aliphatic heterocycles. The van der Waals surface area contributed by atoms with Gasteiger partial charge in [0.2, 0.25) is 0 Å². The van der Waals surface area contributed by atoms with Gasteiger partial charge in [-0.15, -0.1) is 0 Å². The minimum absolute atomic E-state index is 0.0963. The van der Waals surface area contributed by atoms with Crippen molar-refractivity contribution in [2.75, 3.05) is 12.4 Å². The molecule has 0 aromatic heterocycles. The van der Waals surface area contributed by atoms with Crippen molar-refractivity contribution >= 4 is 35.0 Å². The average molecular weight is 358 g/mol. The Morgan fingerprint density at radius 1 is 1.32 bits per heavy atom. The molecular formula is C17H12ClN3O4. The maximum absolute atomic E-state index is 12.3. The molecule has 0 saturated heterocycles. The number of non-ortho nitro benzene ring substituents is 1. The number of nitrogens with zero attached hydrogens (tertiary/aromatic N) is 2. The molecule has 0 radical (unpaired) electrons. The van der Waals surface area contributed by atoms with E-state index >= 15 is 0 Å². The monoisotopic (exact) mass is 357 g/mol. The number of nitriles is 1. The molecule has 0 spiro atoms. The highest BCUT2D eigenvalue weighted by atomic mass is 35.5. The van der Waals surface area contributed by atoms with Crippen molar-refractivity contribution in [3.05, 3.63) is 68.7 Å². The number of carbonyl (C=O) groups excluding carboxylic acids is 1. The number of methoxy groups -OCH3 is 1.